The zero-order valence-electron chi connectivity index (χ0n) is 10.9. The smallest absolute Gasteiger partial charge is 0.163 e. The van der Waals surface area contributed by atoms with E-state index in [0.29, 0.717) is 10.9 Å². The molecule has 0 atom stereocenters. The van der Waals surface area contributed by atoms with Crippen LogP contribution in [0.25, 0.3) is 10.8 Å². The van der Waals surface area contributed by atoms with Gasteiger partial charge in [-0.25, -0.2) is 0 Å². The van der Waals surface area contributed by atoms with Crippen LogP contribution in [-0.2, 0) is 22.1 Å². The Morgan fingerprint density at radius 1 is 0.947 bits per heavy atom. The summed E-state index contributed by atoms with van der Waals surface area (Å²) in [5, 5.41) is 2.75. The normalized spacial score (nSPS) is 19.4. The van der Waals surface area contributed by atoms with Gasteiger partial charge in [-0.1, -0.05) is 12.1 Å². The van der Waals surface area contributed by atoms with Crippen LogP contribution in [0.15, 0.2) is 35.2 Å². The van der Waals surface area contributed by atoms with Gasteiger partial charge >= 0.3 is 0 Å². The summed E-state index contributed by atoms with van der Waals surface area (Å²) in [6.45, 7) is 2.62. The van der Waals surface area contributed by atoms with E-state index in [9.17, 15) is 0 Å². The lowest BCUT2D eigenvalue weighted by molar-refractivity contribution is 0.159. The first kappa shape index (κ1) is 11.6. The minimum Gasteiger partial charge on any atom is -0.493 e. The summed E-state index contributed by atoms with van der Waals surface area (Å²) < 4.78 is 11.3. The Balaban J connectivity index is 1.91. The van der Waals surface area contributed by atoms with Gasteiger partial charge in [-0.3, -0.25) is 0 Å². The molecule has 0 amide bonds. The van der Waals surface area contributed by atoms with Crippen molar-refractivity contribution in [1.82, 2.24) is 0 Å². The van der Waals surface area contributed by atoms with Gasteiger partial charge in [0.25, 0.3) is 0 Å². The molecular formula is C16H17O2S+. The van der Waals surface area contributed by atoms with Gasteiger partial charge in [-0.2, -0.15) is 0 Å². The lowest BCUT2D eigenvalue weighted by Crippen LogP contribution is -2.26. The predicted octanol–water partition coefficient (Wildman–Crippen LogP) is 2.78. The molecule has 0 aliphatic carbocycles. The van der Waals surface area contributed by atoms with Crippen LogP contribution in [0.5, 0.6) is 5.75 Å². The van der Waals surface area contributed by atoms with Gasteiger partial charge in [0, 0.05) is 28.1 Å². The highest BCUT2D eigenvalue weighted by atomic mass is 32.2. The number of ether oxygens (including phenoxy) is 2. The first-order valence-electron chi connectivity index (χ1n) is 6.86. The van der Waals surface area contributed by atoms with E-state index in [0.717, 1.165) is 32.0 Å². The number of hydrogen-bond donors (Lipinski definition) is 0. The molecule has 0 radical (unpaired) electrons. The third kappa shape index (κ3) is 1.92. The van der Waals surface area contributed by atoms with Crippen LogP contribution in [0.1, 0.15) is 5.56 Å². The third-order valence-electron chi connectivity index (χ3n) is 3.94. The van der Waals surface area contributed by atoms with Crippen LogP contribution in [-0.4, -0.2) is 31.3 Å². The molecule has 19 heavy (non-hydrogen) atoms. The van der Waals surface area contributed by atoms with Crippen LogP contribution in [0.4, 0.5) is 0 Å². The van der Waals surface area contributed by atoms with E-state index in [2.05, 4.69) is 30.3 Å². The lowest BCUT2D eigenvalue weighted by Gasteiger charge is -2.21. The minimum absolute atomic E-state index is 0.342. The van der Waals surface area contributed by atoms with Crippen molar-refractivity contribution in [2.45, 2.75) is 11.3 Å². The van der Waals surface area contributed by atoms with Crippen LogP contribution in [0, 0.1) is 0 Å². The molecule has 2 aromatic rings. The zero-order valence-corrected chi connectivity index (χ0v) is 11.7. The van der Waals surface area contributed by atoms with Gasteiger partial charge in [0.15, 0.2) is 4.90 Å². The van der Waals surface area contributed by atoms with E-state index in [1.807, 2.05) is 0 Å². The average molecular weight is 273 g/mol. The van der Waals surface area contributed by atoms with E-state index >= 15 is 0 Å². The van der Waals surface area contributed by atoms with Gasteiger partial charge in [0.05, 0.1) is 19.8 Å². The molecule has 2 heterocycles. The van der Waals surface area contributed by atoms with Gasteiger partial charge < -0.3 is 9.47 Å². The van der Waals surface area contributed by atoms with Gasteiger partial charge in [0.1, 0.15) is 17.3 Å². The molecule has 0 spiro atoms. The van der Waals surface area contributed by atoms with Crippen molar-refractivity contribution in [3.05, 3.63) is 35.9 Å². The highest BCUT2D eigenvalue weighted by Crippen LogP contribution is 2.37. The van der Waals surface area contributed by atoms with Crippen LogP contribution in [0.2, 0.25) is 0 Å². The fourth-order valence-corrected chi connectivity index (χ4v) is 5.04. The molecule has 2 aliphatic heterocycles. The van der Waals surface area contributed by atoms with E-state index < -0.39 is 0 Å². The fraction of sp³-hybridized carbons (Fsp3) is 0.375. The highest BCUT2D eigenvalue weighted by Gasteiger charge is 2.29. The summed E-state index contributed by atoms with van der Waals surface area (Å²) in [6.07, 6.45) is 1.03. The Morgan fingerprint density at radius 2 is 1.84 bits per heavy atom. The molecule has 3 heteroatoms. The zero-order chi connectivity index (χ0) is 12.7. The van der Waals surface area contributed by atoms with Crippen molar-refractivity contribution >= 4 is 21.7 Å². The third-order valence-corrected chi connectivity index (χ3v) is 6.23. The molecule has 0 unspecified atom stereocenters. The molecule has 2 nitrogen and oxygen atoms in total. The predicted molar refractivity (Wildman–Crippen MR) is 79.3 cm³/mol. The lowest BCUT2D eigenvalue weighted by atomic mass is 10.00. The Labute approximate surface area is 116 Å². The highest BCUT2D eigenvalue weighted by molar-refractivity contribution is 7.97. The second kappa shape index (κ2) is 4.73. The summed E-state index contributed by atoms with van der Waals surface area (Å²) in [6, 6.07) is 11.1. The second-order valence-corrected chi connectivity index (χ2v) is 7.26. The van der Waals surface area contributed by atoms with Gasteiger partial charge in [-0.05, 0) is 23.8 Å². The standard InChI is InChI=1S/C16H17O2S/c1-2-12-6-7-18-14-4-5-15(13(3-1)16(12)14)19-10-8-17-9-11-19/h1-5H,6-11H2/q+1. The molecule has 0 saturated carbocycles. The molecule has 0 bridgehead atoms. The summed E-state index contributed by atoms with van der Waals surface area (Å²) in [4.78, 5) is 1.51. The molecular weight excluding hydrogens is 256 g/mol. The Morgan fingerprint density at radius 3 is 2.74 bits per heavy atom. The number of hydrogen-bond acceptors (Lipinski definition) is 2. The fourth-order valence-electron chi connectivity index (χ4n) is 3.02. The summed E-state index contributed by atoms with van der Waals surface area (Å²) in [5.74, 6) is 3.40. The van der Waals surface area contributed by atoms with E-state index in [1.54, 1.807) is 0 Å². The molecule has 0 N–H and O–H groups in total. The minimum atomic E-state index is 0.342. The van der Waals surface area contributed by atoms with Gasteiger partial charge in [0.2, 0.25) is 0 Å². The average Bonchev–Trinajstić information content (AvgIpc) is 2.49. The SMILES string of the molecule is c1cc2c3c(ccc([S+]4CCOCC4)c3c1)OCC2. The van der Waals surface area contributed by atoms with Crippen LogP contribution < -0.4 is 4.74 Å². The topological polar surface area (TPSA) is 18.5 Å². The van der Waals surface area contributed by atoms with Crippen molar-refractivity contribution in [1.29, 1.82) is 0 Å². The molecule has 1 fully saturated rings. The maximum absolute atomic E-state index is 5.82. The maximum atomic E-state index is 5.82. The molecule has 0 aromatic heterocycles. The van der Waals surface area contributed by atoms with Crippen LogP contribution in [0.3, 0.4) is 0 Å². The van der Waals surface area contributed by atoms with E-state index in [-0.39, 0.29) is 0 Å². The molecule has 2 aliphatic rings. The molecule has 2 aromatic carbocycles. The van der Waals surface area contributed by atoms with Crippen molar-refractivity contribution in [3.8, 4) is 5.75 Å². The largest absolute Gasteiger partial charge is 0.493 e. The van der Waals surface area contributed by atoms with Crippen LogP contribution >= 0.6 is 0 Å². The molecule has 1 saturated heterocycles. The molecule has 98 valence electrons. The Hall–Kier alpha value is -1.19. The number of rotatable bonds is 1. The monoisotopic (exact) mass is 273 g/mol. The number of benzene rings is 2. The quantitative estimate of drug-likeness (QED) is 0.744. The summed E-state index contributed by atoms with van der Waals surface area (Å²) in [7, 11) is 0.342. The van der Waals surface area contributed by atoms with Gasteiger partial charge in [-0.15, -0.1) is 0 Å². The maximum Gasteiger partial charge on any atom is 0.163 e. The van der Waals surface area contributed by atoms with E-state index in [1.165, 1.54) is 32.7 Å². The first-order chi connectivity index (χ1) is 9.43. The van der Waals surface area contributed by atoms with Crippen molar-refractivity contribution in [2.24, 2.45) is 0 Å². The van der Waals surface area contributed by atoms with Crippen molar-refractivity contribution in [2.75, 3.05) is 31.3 Å². The Bertz CT molecular complexity index is 607. The summed E-state index contributed by atoms with van der Waals surface area (Å²) in [5.41, 5.74) is 1.44. The second-order valence-electron chi connectivity index (χ2n) is 5.01. The van der Waals surface area contributed by atoms with Crippen molar-refractivity contribution in [3.63, 3.8) is 0 Å². The molecule has 4 rings (SSSR count). The van der Waals surface area contributed by atoms with Crippen molar-refractivity contribution < 1.29 is 9.47 Å². The summed E-state index contributed by atoms with van der Waals surface area (Å²) >= 11 is 0. The first-order valence-corrected chi connectivity index (χ1v) is 8.42. The van der Waals surface area contributed by atoms with E-state index in [4.69, 9.17) is 9.47 Å². The Kier molecular flexibility index (Phi) is 2.89.